The molecule has 1 atom stereocenters. The highest BCUT2D eigenvalue weighted by molar-refractivity contribution is 9.11. The summed E-state index contributed by atoms with van der Waals surface area (Å²) in [5.41, 5.74) is 1.60. The van der Waals surface area contributed by atoms with Crippen molar-refractivity contribution in [3.8, 4) is 5.75 Å². The van der Waals surface area contributed by atoms with Crippen LogP contribution in [-0.2, 0) is 4.79 Å². The largest absolute Gasteiger partial charge is 0.506 e. The van der Waals surface area contributed by atoms with Crippen LogP contribution in [-0.4, -0.2) is 33.5 Å². The van der Waals surface area contributed by atoms with Gasteiger partial charge in [0.25, 0.3) is 5.69 Å². The van der Waals surface area contributed by atoms with E-state index in [1.165, 1.54) is 25.3 Å². The van der Waals surface area contributed by atoms with E-state index >= 15 is 0 Å². The molecule has 0 aliphatic heterocycles. The average Bonchev–Trinajstić information content (AvgIpc) is 3.07. The van der Waals surface area contributed by atoms with Crippen LogP contribution in [0.15, 0.2) is 73.5 Å². The maximum Gasteiger partial charge on any atom is 0.280 e. The Morgan fingerprint density at radius 3 is 2.44 bits per heavy atom. The number of hydrogen-bond acceptors (Lipinski definition) is 7. The third-order valence-corrected chi connectivity index (χ3v) is 6.28. The molecule has 34 heavy (non-hydrogen) atoms. The molecule has 3 aromatic carbocycles. The van der Waals surface area contributed by atoms with Gasteiger partial charge in [0.05, 0.1) is 26.5 Å². The number of phenols is 1. The van der Waals surface area contributed by atoms with Gasteiger partial charge >= 0.3 is 0 Å². The van der Waals surface area contributed by atoms with E-state index < -0.39 is 22.4 Å². The second kappa shape index (κ2) is 9.40. The highest BCUT2D eigenvalue weighted by Crippen LogP contribution is 2.36. The molecule has 0 saturated carbocycles. The molecule has 4 rings (SSSR count). The van der Waals surface area contributed by atoms with Crippen LogP contribution >= 0.6 is 31.9 Å². The fourth-order valence-electron chi connectivity index (χ4n) is 3.67. The zero-order valence-corrected chi connectivity index (χ0v) is 20.7. The average molecular weight is 585 g/mol. The smallest absolute Gasteiger partial charge is 0.280 e. The number of rotatable bonds is 5. The molecule has 0 aromatic heterocycles. The molecule has 0 amide bonds. The molecule has 1 unspecified atom stereocenters. The minimum absolute atomic E-state index is 0.0592. The number of Topliss-reactive ketones (excluding diaryl/α,β-unsaturated/α-hetero) is 2. The third-order valence-electron chi connectivity index (χ3n) is 5.21. The van der Waals surface area contributed by atoms with E-state index in [4.69, 9.17) is 0 Å². The molecule has 8 nitrogen and oxygen atoms in total. The number of nitro benzene ring substituents is 1. The maximum absolute atomic E-state index is 12.9. The van der Waals surface area contributed by atoms with Crippen LogP contribution in [0.5, 0.6) is 5.75 Å². The van der Waals surface area contributed by atoms with E-state index in [0.29, 0.717) is 21.4 Å². The maximum atomic E-state index is 12.9. The highest BCUT2D eigenvalue weighted by Gasteiger charge is 2.43. The number of aliphatic imine (C=N–C) groups is 2. The molecule has 0 bridgehead atoms. The van der Waals surface area contributed by atoms with Crippen molar-refractivity contribution >= 4 is 72.4 Å². The first-order chi connectivity index (χ1) is 16.2. The van der Waals surface area contributed by atoms with Gasteiger partial charge in [0.15, 0.2) is 5.78 Å². The first-order valence-corrected chi connectivity index (χ1v) is 11.5. The molecule has 0 heterocycles. The summed E-state index contributed by atoms with van der Waals surface area (Å²) >= 11 is 6.64. The Bertz CT molecular complexity index is 1410. The molecule has 10 heteroatoms. The quantitative estimate of drug-likeness (QED) is 0.168. The van der Waals surface area contributed by atoms with Crippen LogP contribution < -0.4 is 0 Å². The molecular formula is C24H15Br2N3O5. The number of fused-ring (bicyclic) bond motifs is 1. The number of halogens is 2. The summed E-state index contributed by atoms with van der Waals surface area (Å²) in [6.45, 7) is 1.27. The van der Waals surface area contributed by atoms with Crippen molar-refractivity contribution in [2.75, 3.05) is 0 Å². The predicted octanol–water partition coefficient (Wildman–Crippen LogP) is 6.10. The van der Waals surface area contributed by atoms with Crippen molar-refractivity contribution in [2.24, 2.45) is 15.9 Å². The minimum atomic E-state index is -1.19. The zero-order chi connectivity index (χ0) is 24.6. The van der Waals surface area contributed by atoms with Gasteiger partial charge < -0.3 is 5.11 Å². The van der Waals surface area contributed by atoms with E-state index in [1.807, 2.05) is 0 Å². The summed E-state index contributed by atoms with van der Waals surface area (Å²) in [6.07, 6.45) is 1.52. The van der Waals surface area contributed by atoms with Crippen molar-refractivity contribution in [1.82, 2.24) is 0 Å². The standard InChI is InChI=1S/C24H15Br2N3O5/c1-12(30)20-22(17-3-2-4-19(29(33)34)21(17)24(20)32)28-16-7-5-15(6-8-16)27-11-13-9-14(25)10-18(26)23(13)31/h2-11,20,31H,1H3. The summed E-state index contributed by atoms with van der Waals surface area (Å²) in [6, 6.07) is 14.4. The van der Waals surface area contributed by atoms with Crippen LogP contribution in [0.1, 0.15) is 28.4 Å². The summed E-state index contributed by atoms with van der Waals surface area (Å²) in [5, 5.41) is 21.6. The molecule has 1 aliphatic rings. The fraction of sp³-hybridized carbons (Fsp3) is 0.0833. The van der Waals surface area contributed by atoms with Crippen molar-refractivity contribution < 1.29 is 19.6 Å². The predicted molar refractivity (Wildman–Crippen MR) is 135 cm³/mol. The Morgan fingerprint density at radius 2 is 1.79 bits per heavy atom. The van der Waals surface area contributed by atoms with Crippen LogP contribution in [0, 0.1) is 16.0 Å². The van der Waals surface area contributed by atoms with Gasteiger partial charge in [0, 0.05) is 27.9 Å². The van der Waals surface area contributed by atoms with Crippen molar-refractivity contribution in [3.63, 3.8) is 0 Å². The van der Waals surface area contributed by atoms with Crippen LogP contribution in [0.3, 0.4) is 0 Å². The second-order valence-corrected chi connectivity index (χ2v) is 9.23. The Kier molecular flexibility index (Phi) is 6.54. The zero-order valence-electron chi connectivity index (χ0n) is 17.5. The molecule has 1 aliphatic carbocycles. The SMILES string of the molecule is CC(=O)C1C(=O)c2c(cccc2[N+](=O)[O-])C1=Nc1ccc(N=Cc2cc(Br)cc(Br)c2O)cc1. The summed E-state index contributed by atoms with van der Waals surface area (Å²) in [5.74, 6) is -2.18. The highest BCUT2D eigenvalue weighted by atomic mass is 79.9. The lowest BCUT2D eigenvalue weighted by Crippen LogP contribution is -2.23. The Hall–Kier alpha value is -3.50. The molecule has 0 spiro atoms. The summed E-state index contributed by atoms with van der Waals surface area (Å²) < 4.78 is 1.30. The van der Waals surface area contributed by atoms with Gasteiger partial charge in [-0.25, -0.2) is 0 Å². The number of carbonyl (C=O) groups excluding carboxylic acids is 2. The Balaban J connectivity index is 1.69. The van der Waals surface area contributed by atoms with Gasteiger partial charge in [-0.15, -0.1) is 0 Å². The topological polar surface area (TPSA) is 122 Å². The second-order valence-electron chi connectivity index (χ2n) is 7.46. The van der Waals surface area contributed by atoms with Gasteiger partial charge in [-0.1, -0.05) is 28.1 Å². The molecule has 3 aromatic rings. The lowest BCUT2D eigenvalue weighted by atomic mass is 9.99. The van der Waals surface area contributed by atoms with Gasteiger partial charge in [-0.2, -0.15) is 0 Å². The molecule has 0 saturated heterocycles. The molecule has 0 fully saturated rings. The lowest BCUT2D eigenvalue weighted by molar-refractivity contribution is -0.385. The number of aromatic hydroxyl groups is 1. The molecule has 170 valence electrons. The van der Waals surface area contributed by atoms with Gasteiger partial charge in [-0.3, -0.25) is 29.7 Å². The number of ketones is 2. The van der Waals surface area contributed by atoms with E-state index in [0.717, 1.165) is 4.47 Å². The lowest BCUT2D eigenvalue weighted by Gasteiger charge is -2.06. The third kappa shape index (κ3) is 4.46. The van der Waals surface area contributed by atoms with Gasteiger partial charge in [0.2, 0.25) is 0 Å². The van der Waals surface area contributed by atoms with Crippen molar-refractivity contribution in [1.29, 1.82) is 0 Å². The minimum Gasteiger partial charge on any atom is -0.506 e. The number of nitro groups is 1. The Morgan fingerprint density at radius 1 is 1.12 bits per heavy atom. The first kappa shape index (κ1) is 23.7. The number of carbonyl (C=O) groups is 2. The number of hydrogen-bond donors (Lipinski definition) is 1. The number of phenolic OH excluding ortho intramolecular Hbond substituents is 1. The van der Waals surface area contributed by atoms with E-state index in [1.54, 1.807) is 42.5 Å². The summed E-state index contributed by atoms with van der Waals surface area (Å²) in [7, 11) is 0. The number of nitrogens with zero attached hydrogens (tertiary/aromatic N) is 3. The summed E-state index contributed by atoms with van der Waals surface area (Å²) in [4.78, 5) is 44.7. The number of benzene rings is 3. The molecule has 0 radical (unpaired) electrons. The van der Waals surface area contributed by atoms with Gasteiger partial charge in [-0.05, 0) is 59.3 Å². The van der Waals surface area contributed by atoms with E-state index in [2.05, 4.69) is 41.8 Å². The normalized spacial score (nSPS) is 16.3. The van der Waals surface area contributed by atoms with Crippen LogP contribution in [0.25, 0.3) is 0 Å². The van der Waals surface area contributed by atoms with Crippen LogP contribution in [0.2, 0.25) is 0 Å². The van der Waals surface area contributed by atoms with Crippen molar-refractivity contribution in [3.05, 3.63) is 90.3 Å². The monoisotopic (exact) mass is 583 g/mol. The molecular weight excluding hydrogens is 570 g/mol. The molecule has 1 N–H and O–H groups in total. The van der Waals surface area contributed by atoms with E-state index in [9.17, 15) is 24.8 Å². The van der Waals surface area contributed by atoms with Crippen molar-refractivity contribution in [2.45, 2.75) is 6.92 Å². The fourth-order valence-corrected chi connectivity index (χ4v) is 4.93. The van der Waals surface area contributed by atoms with E-state index in [-0.39, 0.29) is 28.3 Å². The van der Waals surface area contributed by atoms with Gasteiger partial charge in [0.1, 0.15) is 23.0 Å². The first-order valence-electron chi connectivity index (χ1n) is 9.90. The van der Waals surface area contributed by atoms with Crippen LogP contribution in [0.4, 0.5) is 17.1 Å². The Labute approximate surface area is 210 Å².